The molecule has 1 aromatic carbocycles. The Balaban J connectivity index is 2.22. The number of nitrogens with one attached hydrogen (secondary N) is 1. The van der Waals surface area contributed by atoms with Gasteiger partial charge in [0.2, 0.25) is 0 Å². The maximum Gasteiger partial charge on any atom is 0.110 e. The monoisotopic (exact) mass is 270 g/mol. The molecule has 0 heterocycles. The van der Waals surface area contributed by atoms with Crippen molar-refractivity contribution in [1.82, 2.24) is 5.32 Å². The molecule has 20 heavy (non-hydrogen) atoms. The molecule has 0 spiro atoms. The van der Waals surface area contributed by atoms with Crippen LogP contribution in [0.15, 0.2) is 30.3 Å². The minimum atomic E-state index is -0.381. The molecule has 0 radical (unpaired) electrons. The van der Waals surface area contributed by atoms with E-state index in [0.717, 1.165) is 19.3 Å². The number of nitrogens with zero attached hydrogens (tertiary/aromatic N) is 1. The van der Waals surface area contributed by atoms with Crippen molar-refractivity contribution >= 4 is 0 Å². The SMILES string of the molecule is C[C@@H](N[C@@]1(C#N)CCC[C@H]1C(C)(C)C)c1ccccc1. The van der Waals surface area contributed by atoms with Crippen LogP contribution in [0, 0.1) is 22.7 Å². The first-order valence-electron chi connectivity index (χ1n) is 7.63. The zero-order valence-corrected chi connectivity index (χ0v) is 13.1. The Kier molecular flexibility index (Phi) is 4.20. The van der Waals surface area contributed by atoms with Gasteiger partial charge in [0.1, 0.15) is 5.54 Å². The van der Waals surface area contributed by atoms with Gasteiger partial charge in [-0.25, -0.2) is 0 Å². The molecule has 0 unspecified atom stereocenters. The van der Waals surface area contributed by atoms with Crippen molar-refractivity contribution in [2.45, 2.75) is 58.5 Å². The molecule has 3 atom stereocenters. The lowest BCUT2D eigenvalue weighted by atomic mass is 9.71. The highest BCUT2D eigenvalue weighted by Crippen LogP contribution is 2.46. The van der Waals surface area contributed by atoms with Crippen molar-refractivity contribution in [3.63, 3.8) is 0 Å². The summed E-state index contributed by atoms with van der Waals surface area (Å²) in [5.74, 6) is 0.408. The standard InChI is InChI=1S/C18H26N2/c1-14(15-9-6-5-7-10-15)20-18(13-19)12-8-11-16(18)17(2,3)4/h5-7,9-10,14,16,20H,8,11-12H2,1-4H3/t14-,16+,18-/m1/s1. The Hall–Kier alpha value is -1.33. The van der Waals surface area contributed by atoms with Crippen LogP contribution in [0.25, 0.3) is 0 Å². The van der Waals surface area contributed by atoms with Gasteiger partial charge in [0.15, 0.2) is 0 Å². The van der Waals surface area contributed by atoms with Crippen LogP contribution in [0.2, 0.25) is 0 Å². The molecule has 0 saturated heterocycles. The molecule has 0 aliphatic heterocycles. The lowest BCUT2D eigenvalue weighted by Gasteiger charge is -2.40. The second kappa shape index (κ2) is 5.58. The van der Waals surface area contributed by atoms with Crippen molar-refractivity contribution in [2.24, 2.45) is 11.3 Å². The highest BCUT2D eigenvalue weighted by Gasteiger charge is 2.49. The summed E-state index contributed by atoms with van der Waals surface area (Å²) in [5.41, 5.74) is 1.03. The van der Waals surface area contributed by atoms with Crippen LogP contribution in [0.5, 0.6) is 0 Å². The average molecular weight is 270 g/mol. The van der Waals surface area contributed by atoms with Crippen LogP contribution in [0.1, 0.15) is 58.6 Å². The van der Waals surface area contributed by atoms with Gasteiger partial charge in [0, 0.05) is 6.04 Å². The van der Waals surface area contributed by atoms with Crippen molar-refractivity contribution in [1.29, 1.82) is 5.26 Å². The molecule has 1 fully saturated rings. The first-order valence-corrected chi connectivity index (χ1v) is 7.63. The van der Waals surface area contributed by atoms with E-state index in [-0.39, 0.29) is 17.0 Å². The first-order chi connectivity index (χ1) is 9.39. The Morgan fingerprint density at radius 1 is 1.30 bits per heavy atom. The van der Waals surface area contributed by atoms with E-state index in [4.69, 9.17) is 0 Å². The molecule has 2 nitrogen and oxygen atoms in total. The molecular formula is C18H26N2. The van der Waals surface area contributed by atoms with Gasteiger partial charge < -0.3 is 0 Å². The van der Waals surface area contributed by atoms with Gasteiger partial charge in [-0.15, -0.1) is 0 Å². The molecule has 2 rings (SSSR count). The quantitative estimate of drug-likeness (QED) is 0.881. The summed E-state index contributed by atoms with van der Waals surface area (Å²) in [6, 6.07) is 13.2. The molecule has 1 N–H and O–H groups in total. The molecule has 1 aromatic rings. The van der Waals surface area contributed by atoms with Gasteiger partial charge in [-0.3, -0.25) is 5.32 Å². The van der Waals surface area contributed by atoms with Crippen molar-refractivity contribution in [2.75, 3.05) is 0 Å². The molecule has 1 aliphatic rings. The second-order valence-corrected chi connectivity index (χ2v) is 7.17. The predicted octanol–water partition coefficient (Wildman–Crippen LogP) is 4.45. The van der Waals surface area contributed by atoms with E-state index in [9.17, 15) is 5.26 Å². The number of hydrogen-bond acceptors (Lipinski definition) is 2. The van der Waals surface area contributed by atoms with Crippen molar-refractivity contribution < 1.29 is 0 Å². The zero-order valence-electron chi connectivity index (χ0n) is 13.1. The van der Waals surface area contributed by atoms with Gasteiger partial charge in [0.05, 0.1) is 6.07 Å². The molecule has 1 saturated carbocycles. The van der Waals surface area contributed by atoms with E-state index < -0.39 is 0 Å². The molecule has 0 aromatic heterocycles. The van der Waals surface area contributed by atoms with Gasteiger partial charge in [-0.1, -0.05) is 57.5 Å². The van der Waals surface area contributed by atoms with Crippen LogP contribution in [-0.4, -0.2) is 5.54 Å². The minimum Gasteiger partial charge on any atom is -0.292 e. The normalized spacial score (nSPS) is 28.1. The van der Waals surface area contributed by atoms with Crippen LogP contribution in [0.3, 0.4) is 0 Å². The predicted molar refractivity (Wildman–Crippen MR) is 83.1 cm³/mol. The summed E-state index contributed by atoms with van der Waals surface area (Å²) in [4.78, 5) is 0. The first kappa shape index (κ1) is 15.1. The van der Waals surface area contributed by atoms with E-state index in [0.29, 0.717) is 5.92 Å². The summed E-state index contributed by atoms with van der Waals surface area (Å²) >= 11 is 0. The van der Waals surface area contributed by atoms with Crippen LogP contribution in [-0.2, 0) is 0 Å². The highest BCUT2D eigenvalue weighted by molar-refractivity contribution is 5.23. The van der Waals surface area contributed by atoms with Crippen LogP contribution < -0.4 is 5.32 Å². The van der Waals surface area contributed by atoms with E-state index in [1.165, 1.54) is 5.56 Å². The Morgan fingerprint density at radius 3 is 2.50 bits per heavy atom. The third kappa shape index (κ3) is 2.88. The zero-order chi connectivity index (χ0) is 14.8. The Labute approximate surface area is 123 Å². The van der Waals surface area contributed by atoms with Gasteiger partial charge in [-0.2, -0.15) is 5.26 Å². The summed E-state index contributed by atoms with van der Waals surface area (Å²) in [5, 5.41) is 13.5. The van der Waals surface area contributed by atoms with Gasteiger partial charge in [0.25, 0.3) is 0 Å². The topological polar surface area (TPSA) is 35.8 Å². The average Bonchev–Trinajstić information content (AvgIpc) is 2.84. The fourth-order valence-corrected chi connectivity index (χ4v) is 3.73. The smallest absolute Gasteiger partial charge is 0.110 e. The van der Waals surface area contributed by atoms with Crippen LogP contribution in [0.4, 0.5) is 0 Å². The highest BCUT2D eigenvalue weighted by atomic mass is 15.0. The van der Waals surface area contributed by atoms with Gasteiger partial charge in [-0.05, 0) is 36.7 Å². The van der Waals surface area contributed by atoms with E-state index in [2.05, 4.69) is 63.3 Å². The number of rotatable bonds is 3. The van der Waals surface area contributed by atoms with E-state index in [1.54, 1.807) is 0 Å². The third-order valence-corrected chi connectivity index (χ3v) is 4.68. The maximum absolute atomic E-state index is 9.83. The number of hydrogen-bond donors (Lipinski definition) is 1. The lowest BCUT2D eigenvalue weighted by Crippen LogP contribution is -2.51. The third-order valence-electron chi connectivity index (χ3n) is 4.68. The summed E-state index contributed by atoms with van der Waals surface area (Å²) in [7, 11) is 0. The second-order valence-electron chi connectivity index (χ2n) is 7.17. The largest absolute Gasteiger partial charge is 0.292 e. The van der Waals surface area contributed by atoms with E-state index >= 15 is 0 Å². The molecule has 1 aliphatic carbocycles. The number of nitriles is 1. The minimum absolute atomic E-state index is 0.162. The van der Waals surface area contributed by atoms with E-state index in [1.807, 2.05) is 6.07 Å². The van der Waals surface area contributed by atoms with Crippen molar-refractivity contribution in [3.05, 3.63) is 35.9 Å². The fourth-order valence-electron chi connectivity index (χ4n) is 3.73. The molecule has 2 heteroatoms. The summed E-state index contributed by atoms with van der Waals surface area (Å²) < 4.78 is 0. The Bertz CT molecular complexity index is 480. The summed E-state index contributed by atoms with van der Waals surface area (Å²) in [6.07, 6.45) is 3.25. The molecule has 0 bridgehead atoms. The Morgan fingerprint density at radius 2 is 1.95 bits per heavy atom. The molecule has 108 valence electrons. The molecule has 0 amide bonds. The fraction of sp³-hybridized carbons (Fsp3) is 0.611. The van der Waals surface area contributed by atoms with Crippen molar-refractivity contribution in [3.8, 4) is 6.07 Å². The number of benzene rings is 1. The molecular weight excluding hydrogens is 244 g/mol. The maximum atomic E-state index is 9.83. The van der Waals surface area contributed by atoms with Crippen LogP contribution >= 0.6 is 0 Å². The lowest BCUT2D eigenvalue weighted by molar-refractivity contribution is 0.153. The summed E-state index contributed by atoms with van der Waals surface area (Å²) in [6.45, 7) is 8.92. The van der Waals surface area contributed by atoms with Gasteiger partial charge >= 0.3 is 0 Å².